The lowest BCUT2D eigenvalue weighted by atomic mass is 9.99. The van der Waals surface area contributed by atoms with Crippen LogP contribution in [0.3, 0.4) is 0 Å². The first-order valence-electron chi connectivity index (χ1n) is 6.85. The predicted octanol–water partition coefficient (Wildman–Crippen LogP) is 2.15. The molecule has 1 amide bonds. The van der Waals surface area contributed by atoms with Gasteiger partial charge in [-0.1, -0.05) is 0 Å². The van der Waals surface area contributed by atoms with Gasteiger partial charge in [0.15, 0.2) is 0 Å². The fourth-order valence-electron chi connectivity index (χ4n) is 2.60. The molecule has 1 aliphatic heterocycles. The third-order valence-corrected chi connectivity index (χ3v) is 5.37. The number of piperazine rings is 1. The number of carbonyl (C=O) groups excluding carboxylic acids is 1. The molecule has 4 nitrogen and oxygen atoms in total. The van der Waals surface area contributed by atoms with Crippen molar-refractivity contribution in [1.82, 2.24) is 15.1 Å². The van der Waals surface area contributed by atoms with Crippen LogP contribution in [0.25, 0.3) is 0 Å². The summed E-state index contributed by atoms with van der Waals surface area (Å²) in [4.78, 5) is 16.8. The van der Waals surface area contributed by atoms with E-state index >= 15 is 0 Å². The van der Waals surface area contributed by atoms with Crippen LogP contribution in [0.4, 0.5) is 0 Å². The molecule has 1 fully saturated rings. The zero-order valence-electron chi connectivity index (χ0n) is 12.3. The summed E-state index contributed by atoms with van der Waals surface area (Å²) in [6.07, 6.45) is 0. The van der Waals surface area contributed by atoms with E-state index in [4.69, 9.17) is 0 Å². The number of halogens is 1. The summed E-state index contributed by atoms with van der Waals surface area (Å²) in [7, 11) is 1.89. The number of hydrogen-bond acceptors (Lipinski definition) is 4. The van der Waals surface area contributed by atoms with Gasteiger partial charge in [0.25, 0.3) is 0 Å². The summed E-state index contributed by atoms with van der Waals surface area (Å²) in [6.45, 7) is 8.49. The zero-order chi connectivity index (χ0) is 14.8. The maximum Gasteiger partial charge on any atom is 0.242 e. The lowest BCUT2D eigenvalue weighted by Gasteiger charge is -2.41. The monoisotopic (exact) mass is 359 g/mol. The van der Waals surface area contributed by atoms with Crippen molar-refractivity contribution in [3.63, 3.8) is 0 Å². The molecule has 6 heteroatoms. The van der Waals surface area contributed by atoms with Crippen LogP contribution in [0.2, 0.25) is 0 Å². The van der Waals surface area contributed by atoms with Gasteiger partial charge in [0.2, 0.25) is 5.91 Å². The van der Waals surface area contributed by atoms with Gasteiger partial charge >= 0.3 is 0 Å². The van der Waals surface area contributed by atoms with E-state index in [1.54, 1.807) is 11.3 Å². The highest BCUT2D eigenvalue weighted by Gasteiger charge is 2.37. The van der Waals surface area contributed by atoms with E-state index in [-0.39, 0.29) is 5.91 Å². The van der Waals surface area contributed by atoms with Crippen molar-refractivity contribution in [3.05, 3.63) is 20.8 Å². The average molecular weight is 360 g/mol. The lowest BCUT2D eigenvalue weighted by molar-refractivity contribution is -0.142. The molecule has 1 aromatic rings. The third kappa shape index (κ3) is 3.61. The van der Waals surface area contributed by atoms with Gasteiger partial charge in [0, 0.05) is 39.8 Å². The minimum absolute atomic E-state index is 0.182. The molecule has 2 rings (SSSR count). The number of carbonyl (C=O) groups is 1. The number of rotatable bonds is 4. The highest BCUT2D eigenvalue weighted by molar-refractivity contribution is 9.11. The van der Waals surface area contributed by atoms with E-state index in [1.165, 1.54) is 5.56 Å². The minimum Gasteiger partial charge on any atom is -0.340 e. The van der Waals surface area contributed by atoms with Gasteiger partial charge in [-0.25, -0.2) is 0 Å². The van der Waals surface area contributed by atoms with Crippen LogP contribution >= 0.6 is 27.3 Å². The number of nitrogens with one attached hydrogen (secondary N) is 1. The molecule has 0 spiro atoms. The van der Waals surface area contributed by atoms with Gasteiger partial charge in [-0.2, -0.15) is 0 Å². The summed E-state index contributed by atoms with van der Waals surface area (Å²) in [5.74, 6) is 0.182. The average Bonchev–Trinajstić information content (AvgIpc) is 2.84. The molecule has 1 aromatic heterocycles. The Balaban J connectivity index is 2.00. The number of nitrogens with zero attached hydrogens (tertiary/aromatic N) is 2. The van der Waals surface area contributed by atoms with Crippen molar-refractivity contribution < 1.29 is 4.79 Å². The van der Waals surface area contributed by atoms with E-state index in [2.05, 4.69) is 37.6 Å². The predicted molar refractivity (Wildman–Crippen MR) is 87.0 cm³/mol. The van der Waals surface area contributed by atoms with Crippen LogP contribution in [-0.2, 0) is 11.3 Å². The second kappa shape index (κ2) is 6.56. The molecule has 2 heterocycles. The van der Waals surface area contributed by atoms with Gasteiger partial charge in [-0.05, 0) is 46.8 Å². The first kappa shape index (κ1) is 15.9. The Morgan fingerprint density at radius 2 is 2.15 bits per heavy atom. The Hall–Kier alpha value is -0.430. The molecule has 20 heavy (non-hydrogen) atoms. The summed E-state index contributed by atoms with van der Waals surface area (Å²) in [5.41, 5.74) is 0.734. The Labute approximate surface area is 133 Å². The van der Waals surface area contributed by atoms with Crippen LogP contribution in [0, 0.1) is 0 Å². The van der Waals surface area contributed by atoms with Crippen molar-refractivity contribution in [3.8, 4) is 0 Å². The summed E-state index contributed by atoms with van der Waals surface area (Å²) < 4.78 is 1.11. The minimum atomic E-state index is -0.440. The normalized spacial score (nSPS) is 17.2. The van der Waals surface area contributed by atoms with Crippen molar-refractivity contribution in [1.29, 1.82) is 0 Å². The molecule has 112 valence electrons. The summed E-state index contributed by atoms with van der Waals surface area (Å²) in [6, 6.07) is 2.08. The van der Waals surface area contributed by atoms with Crippen LogP contribution in [0.5, 0.6) is 0 Å². The zero-order valence-corrected chi connectivity index (χ0v) is 14.7. The Kier molecular flexibility index (Phi) is 5.23. The van der Waals surface area contributed by atoms with E-state index in [0.717, 1.165) is 30.0 Å². The molecule has 1 N–H and O–H groups in total. The second-order valence-corrected chi connectivity index (χ2v) is 8.01. The standard InChI is InChI=1S/C14H22BrN3OS/c1-14(2,18-6-4-16-5-7-18)13(19)17(3)9-11-8-12(15)20-10-11/h8,10,16H,4-7,9H2,1-3H3. The third-order valence-electron chi connectivity index (χ3n) is 3.82. The van der Waals surface area contributed by atoms with E-state index in [1.807, 2.05) is 25.8 Å². The number of likely N-dealkylation sites (N-methyl/N-ethyl adjacent to an activating group) is 1. The van der Waals surface area contributed by atoms with Crippen LogP contribution in [-0.4, -0.2) is 54.5 Å². The first-order chi connectivity index (χ1) is 9.41. The van der Waals surface area contributed by atoms with Gasteiger partial charge < -0.3 is 10.2 Å². The molecule has 0 saturated carbocycles. The molecule has 0 bridgehead atoms. The molecule has 0 aromatic carbocycles. The van der Waals surface area contributed by atoms with Gasteiger partial charge in [0.05, 0.1) is 9.33 Å². The SMILES string of the molecule is CN(Cc1csc(Br)c1)C(=O)C(C)(C)N1CCNCC1. The van der Waals surface area contributed by atoms with E-state index in [0.29, 0.717) is 6.54 Å². The fraction of sp³-hybridized carbons (Fsp3) is 0.643. The summed E-state index contributed by atoms with van der Waals surface area (Å²) in [5, 5.41) is 5.42. The van der Waals surface area contributed by atoms with Crippen molar-refractivity contribution in [2.75, 3.05) is 33.2 Å². The molecule has 1 aliphatic rings. The van der Waals surface area contributed by atoms with Crippen molar-refractivity contribution >= 4 is 33.2 Å². The van der Waals surface area contributed by atoms with Gasteiger partial charge in [-0.3, -0.25) is 9.69 Å². The Morgan fingerprint density at radius 1 is 1.50 bits per heavy atom. The molecular formula is C14H22BrN3OS. The fourth-order valence-corrected chi connectivity index (χ4v) is 3.80. The number of thiophene rings is 1. The van der Waals surface area contributed by atoms with Crippen LogP contribution in [0.1, 0.15) is 19.4 Å². The van der Waals surface area contributed by atoms with E-state index in [9.17, 15) is 4.79 Å². The smallest absolute Gasteiger partial charge is 0.242 e. The van der Waals surface area contributed by atoms with Crippen LogP contribution in [0.15, 0.2) is 15.2 Å². The maximum absolute atomic E-state index is 12.7. The lowest BCUT2D eigenvalue weighted by Crippen LogP contribution is -2.60. The van der Waals surface area contributed by atoms with E-state index < -0.39 is 5.54 Å². The number of amides is 1. The summed E-state index contributed by atoms with van der Waals surface area (Å²) >= 11 is 5.11. The van der Waals surface area contributed by atoms with Crippen molar-refractivity contribution in [2.24, 2.45) is 0 Å². The topological polar surface area (TPSA) is 35.6 Å². The van der Waals surface area contributed by atoms with Gasteiger partial charge in [-0.15, -0.1) is 11.3 Å². The molecule has 1 saturated heterocycles. The van der Waals surface area contributed by atoms with Crippen LogP contribution < -0.4 is 5.32 Å². The molecule has 0 atom stereocenters. The molecule has 0 aliphatic carbocycles. The Morgan fingerprint density at radius 3 is 2.70 bits per heavy atom. The largest absolute Gasteiger partial charge is 0.340 e. The number of hydrogen-bond donors (Lipinski definition) is 1. The second-order valence-electron chi connectivity index (χ2n) is 5.72. The van der Waals surface area contributed by atoms with Crippen molar-refractivity contribution in [2.45, 2.75) is 25.9 Å². The maximum atomic E-state index is 12.7. The molecule has 0 radical (unpaired) electrons. The highest BCUT2D eigenvalue weighted by atomic mass is 79.9. The Bertz CT molecular complexity index is 469. The molecular weight excluding hydrogens is 338 g/mol. The quantitative estimate of drug-likeness (QED) is 0.894. The molecule has 0 unspecified atom stereocenters. The van der Waals surface area contributed by atoms with Gasteiger partial charge in [0.1, 0.15) is 0 Å². The first-order valence-corrected chi connectivity index (χ1v) is 8.53. The highest BCUT2D eigenvalue weighted by Crippen LogP contribution is 2.23.